The molecule has 1 aliphatic rings. The predicted octanol–water partition coefficient (Wildman–Crippen LogP) is 3.65. The van der Waals surface area contributed by atoms with Crippen LogP contribution in [0.15, 0.2) is 79.1 Å². The van der Waals surface area contributed by atoms with Crippen LogP contribution in [0.25, 0.3) is 0 Å². The van der Waals surface area contributed by atoms with Crippen molar-refractivity contribution in [2.75, 3.05) is 18.4 Å². The molecule has 184 valence electrons. The maximum atomic E-state index is 13.0. The summed E-state index contributed by atoms with van der Waals surface area (Å²) in [5.41, 5.74) is 1.79. The normalized spacial score (nSPS) is 20.1. The summed E-state index contributed by atoms with van der Waals surface area (Å²) in [6.45, 7) is 0.447. The summed E-state index contributed by atoms with van der Waals surface area (Å²) in [6, 6.07) is 20.2. The number of rotatable bonds is 9. The molecule has 1 saturated carbocycles. The van der Waals surface area contributed by atoms with Crippen molar-refractivity contribution in [3.05, 3.63) is 90.3 Å². The highest BCUT2D eigenvalue weighted by molar-refractivity contribution is 7.90. The van der Waals surface area contributed by atoms with Crippen molar-refractivity contribution in [1.29, 1.82) is 0 Å². The Bertz CT molecular complexity index is 1230. The Morgan fingerprint density at radius 2 is 1.66 bits per heavy atom. The van der Waals surface area contributed by atoms with Gasteiger partial charge in [0.15, 0.2) is 0 Å². The van der Waals surface area contributed by atoms with Gasteiger partial charge in [-0.2, -0.15) is 13.1 Å². The first kappa shape index (κ1) is 24.7. The van der Waals surface area contributed by atoms with Gasteiger partial charge in [-0.15, -0.1) is 0 Å². The van der Waals surface area contributed by atoms with Gasteiger partial charge >= 0.3 is 0 Å². The second kappa shape index (κ2) is 10.9. The second-order valence-corrected chi connectivity index (χ2v) is 10.2. The number of amides is 1. The van der Waals surface area contributed by atoms with E-state index in [1.165, 1.54) is 12.4 Å². The van der Waals surface area contributed by atoms with Crippen molar-refractivity contribution in [2.24, 2.45) is 0 Å². The Balaban J connectivity index is 1.44. The molecule has 4 rings (SSSR count). The first-order valence-corrected chi connectivity index (χ1v) is 13.1. The van der Waals surface area contributed by atoms with E-state index in [9.17, 15) is 13.2 Å². The van der Waals surface area contributed by atoms with Gasteiger partial charge in [0.2, 0.25) is 0 Å². The van der Waals surface area contributed by atoms with Crippen molar-refractivity contribution >= 4 is 21.8 Å². The molecule has 1 amide bonds. The van der Waals surface area contributed by atoms with Crippen LogP contribution in [0.5, 0.6) is 5.75 Å². The van der Waals surface area contributed by atoms with Gasteiger partial charge in [-0.25, -0.2) is 0 Å². The molecule has 1 heterocycles. The molecule has 1 aromatic heterocycles. The predicted molar refractivity (Wildman–Crippen MR) is 136 cm³/mol. The minimum absolute atomic E-state index is 0.192. The second-order valence-electron chi connectivity index (χ2n) is 8.76. The molecule has 3 aromatic rings. The van der Waals surface area contributed by atoms with Gasteiger partial charge in [0.25, 0.3) is 16.1 Å². The van der Waals surface area contributed by atoms with E-state index in [-0.39, 0.29) is 17.4 Å². The maximum absolute atomic E-state index is 13.0. The van der Waals surface area contributed by atoms with Crippen LogP contribution in [-0.4, -0.2) is 39.0 Å². The van der Waals surface area contributed by atoms with Crippen molar-refractivity contribution in [3.63, 3.8) is 0 Å². The number of nitrogens with one attached hydrogen (secondary N) is 3. The van der Waals surface area contributed by atoms with E-state index in [0.29, 0.717) is 36.4 Å². The summed E-state index contributed by atoms with van der Waals surface area (Å²) in [4.78, 5) is 16.9. The Hall–Kier alpha value is -3.43. The highest BCUT2D eigenvalue weighted by Gasteiger charge is 2.38. The fourth-order valence-electron chi connectivity index (χ4n) is 4.65. The monoisotopic (exact) mass is 494 g/mol. The molecular weight excluding hydrogens is 464 g/mol. The SMILES string of the molecule is COc1ccccc1C(=O)NC[C@]1(c2ccccc2)CC[C@H](NS(=O)(=O)Nc2ccncc2)CC1. The first-order valence-electron chi connectivity index (χ1n) is 11.6. The molecular formula is C26H30N4O4S. The zero-order valence-electron chi connectivity index (χ0n) is 19.6. The van der Waals surface area contributed by atoms with Gasteiger partial charge in [-0.05, 0) is 55.5 Å². The molecule has 35 heavy (non-hydrogen) atoms. The molecule has 0 atom stereocenters. The number of carbonyl (C=O) groups excluding carboxylic acids is 1. The number of carbonyl (C=O) groups is 1. The lowest BCUT2D eigenvalue weighted by molar-refractivity contribution is 0.0932. The Labute approximate surface area is 206 Å². The number of para-hydroxylation sites is 1. The lowest BCUT2D eigenvalue weighted by Crippen LogP contribution is -2.48. The molecule has 0 aliphatic heterocycles. The van der Waals surface area contributed by atoms with Gasteiger partial charge in [0.1, 0.15) is 5.75 Å². The fourth-order valence-corrected chi connectivity index (χ4v) is 5.83. The molecule has 8 nitrogen and oxygen atoms in total. The number of ether oxygens (including phenoxy) is 1. The van der Waals surface area contributed by atoms with Crippen LogP contribution in [-0.2, 0) is 15.6 Å². The van der Waals surface area contributed by atoms with Crippen molar-refractivity contribution in [3.8, 4) is 5.75 Å². The molecule has 0 unspecified atom stereocenters. The highest BCUT2D eigenvalue weighted by Crippen LogP contribution is 2.39. The smallest absolute Gasteiger partial charge is 0.299 e. The molecule has 1 aliphatic carbocycles. The van der Waals surface area contributed by atoms with Gasteiger partial charge < -0.3 is 10.1 Å². The Morgan fingerprint density at radius 3 is 2.34 bits per heavy atom. The topological polar surface area (TPSA) is 109 Å². The lowest BCUT2D eigenvalue weighted by Gasteiger charge is -2.41. The van der Waals surface area contributed by atoms with Crippen molar-refractivity contribution in [2.45, 2.75) is 37.1 Å². The van der Waals surface area contributed by atoms with Gasteiger partial charge in [-0.1, -0.05) is 42.5 Å². The summed E-state index contributed by atoms with van der Waals surface area (Å²) in [5.74, 6) is 0.334. The van der Waals surface area contributed by atoms with Gasteiger partial charge in [0, 0.05) is 30.4 Å². The van der Waals surface area contributed by atoms with Crippen LogP contribution in [0.2, 0.25) is 0 Å². The quantitative estimate of drug-likeness (QED) is 0.421. The molecule has 0 spiro atoms. The molecule has 1 fully saturated rings. The Kier molecular flexibility index (Phi) is 7.67. The minimum atomic E-state index is -3.72. The van der Waals surface area contributed by atoms with E-state index < -0.39 is 10.2 Å². The third-order valence-electron chi connectivity index (χ3n) is 6.52. The molecule has 2 aromatic carbocycles. The number of hydrogen-bond acceptors (Lipinski definition) is 5. The molecule has 0 bridgehead atoms. The number of aromatic nitrogens is 1. The zero-order valence-corrected chi connectivity index (χ0v) is 20.4. The van der Waals surface area contributed by atoms with E-state index in [1.54, 1.807) is 31.4 Å². The van der Waals surface area contributed by atoms with Crippen LogP contribution in [0.4, 0.5) is 5.69 Å². The van der Waals surface area contributed by atoms with Gasteiger partial charge in [0.05, 0.1) is 18.4 Å². The van der Waals surface area contributed by atoms with Crippen LogP contribution < -0.4 is 19.5 Å². The van der Waals surface area contributed by atoms with Crippen molar-refractivity contribution < 1.29 is 17.9 Å². The van der Waals surface area contributed by atoms with Crippen LogP contribution in [0, 0.1) is 0 Å². The average Bonchev–Trinajstić information content (AvgIpc) is 2.89. The van der Waals surface area contributed by atoms with E-state index in [1.807, 2.05) is 30.3 Å². The van der Waals surface area contributed by atoms with Crippen molar-refractivity contribution in [1.82, 2.24) is 15.0 Å². The van der Waals surface area contributed by atoms with Gasteiger partial charge in [-0.3, -0.25) is 14.5 Å². The zero-order chi connectivity index (χ0) is 24.7. The number of pyridine rings is 1. The molecule has 0 saturated heterocycles. The average molecular weight is 495 g/mol. The lowest BCUT2D eigenvalue weighted by atomic mass is 9.68. The van der Waals surface area contributed by atoms with E-state index in [2.05, 4.69) is 31.9 Å². The van der Waals surface area contributed by atoms with Crippen LogP contribution >= 0.6 is 0 Å². The first-order chi connectivity index (χ1) is 16.9. The molecule has 3 N–H and O–H groups in total. The van der Waals surface area contributed by atoms with E-state index in [0.717, 1.165) is 18.4 Å². The maximum Gasteiger partial charge on any atom is 0.299 e. The molecule has 9 heteroatoms. The number of benzene rings is 2. The van der Waals surface area contributed by atoms with Crippen LogP contribution in [0.1, 0.15) is 41.6 Å². The van der Waals surface area contributed by atoms with E-state index in [4.69, 9.17) is 4.74 Å². The fraction of sp³-hybridized carbons (Fsp3) is 0.308. The summed E-state index contributed by atoms with van der Waals surface area (Å²) in [6.07, 6.45) is 5.82. The third-order valence-corrected chi connectivity index (χ3v) is 7.67. The Morgan fingerprint density at radius 1 is 1.00 bits per heavy atom. The standard InChI is InChI=1S/C26H30N4O4S/c1-34-24-10-6-5-9-23(24)25(31)28-19-26(20-7-3-2-4-8-20)15-11-21(12-16-26)29-35(32,33)30-22-13-17-27-18-14-22/h2-10,13-14,17-18,21,29H,11-12,15-16,19H2,1H3,(H,27,30)(H,28,31)/t21-,26-. The molecule has 0 radical (unpaired) electrons. The van der Waals surface area contributed by atoms with E-state index >= 15 is 0 Å². The summed E-state index contributed by atoms with van der Waals surface area (Å²) >= 11 is 0. The highest BCUT2D eigenvalue weighted by atomic mass is 32.2. The van der Waals surface area contributed by atoms with Crippen LogP contribution in [0.3, 0.4) is 0 Å². The number of anilines is 1. The summed E-state index contributed by atoms with van der Waals surface area (Å²) in [7, 11) is -2.17. The third kappa shape index (κ3) is 6.17. The number of methoxy groups -OCH3 is 1. The summed E-state index contributed by atoms with van der Waals surface area (Å²) in [5, 5.41) is 3.10. The number of hydrogen-bond donors (Lipinski definition) is 3. The minimum Gasteiger partial charge on any atom is -0.496 e. The summed E-state index contributed by atoms with van der Waals surface area (Å²) < 4.78 is 35.9. The largest absolute Gasteiger partial charge is 0.496 e. The number of nitrogens with zero attached hydrogens (tertiary/aromatic N) is 1.